The van der Waals surface area contributed by atoms with Crippen molar-refractivity contribution in [2.75, 3.05) is 6.61 Å². The first-order valence-electron chi connectivity index (χ1n) is 4.87. The van der Waals surface area contributed by atoms with Gasteiger partial charge in [-0.1, -0.05) is 12.8 Å². The monoisotopic (exact) mass is 170 g/mol. The maximum atomic E-state index is 5.74. The Morgan fingerprint density at radius 3 is 2.58 bits per heavy atom. The zero-order chi connectivity index (χ0) is 9.03. The van der Waals surface area contributed by atoms with E-state index in [1.165, 1.54) is 19.3 Å². The molecular formula is C9H19BO2. The predicted octanol–water partition coefficient (Wildman–Crippen LogP) is 2.49. The predicted molar refractivity (Wildman–Crippen MR) is 51.2 cm³/mol. The third-order valence-electron chi connectivity index (χ3n) is 1.87. The van der Waals surface area contributed by atoms with E-state index in [0.29, 0.717) is 0 Å². The average Bonchev–Trinajstić information content (AvgIpc) is 2.12. The maximum Gasteiger partial charge on any atom is 0.457 e. The van der Waals surface area contributed by atoms with E-state index in [1.807, 2.05) is 0 Å². The molecule has 2 nitrogen and oxygen atoms in total. The summed E-state index contributed by atoms with van der Waals surface area (Å²) in [6, 6.07) is 0. The van der Waals surface area contributed by atoms with Crippen LogP contribution in [0.1, 0.15) is 40.0 Å². The summed E-state index contributed by atoms with van der Waals surface area (Å²) < 4.78 is 11.3. The molecule has 0 atom stereocenters. The van der Waals surface area contributed by atoms with Crippen LogP contribution in [0.4, 0.5) is 0 Å². The van der Waals surface area contributed by atoms with Crippen LogP contribution in [-0.4, -0.2) is 19.3 Å². The highest BCUT2D eigenvalue weighted by molar-refractivity contribution is 6.44. The Balaban J connectivity index is 2.30. The highest BCUT2D eigenvalue weighted by Gasteiger charge is 2.25. The first-order chi connectivity index (χ1) is 5.58. The van der Waals surface area contributed by atoms with Gasteiger partial charge in [0.2, 0.25) is 0 Å². The molecule has 3 heteroatoms. The van der Waals surface area contributed by atoms with Crippen molar-refractivity contribution in [1.82, 2.24) is 0 Å². The minimum Gasteiger partial charge on any atom is -0.411 e. The lowest BCUT2D eigenvalue weighted by atomic mass is 9.81. The zero-order valence-electron chi connectivity index (χ0n) is 8.43. The minimum atomic E-state index is -0.0744. The van der Waals surface area contributed by atoms with Gasteiger partial charge in [-0.05, 0) is 33.5 Å². The van der Waals surface area contributed by atoms with Gasteiger partial charge in [0.25, 0.3) is 0 Å². The second-order valence-corrected chi connectivity index (χ2v) is 4.38. The van der Waals surface area contributed by atoms with Crippen LogP contribution in [0.2, 0.25) is 6.32 Å². The van der Waals surface area contributed by atoms with Gasteiger partial charge in [-0.3, -0.25) is 0 Å². The highest BCUT2D eigenvalue weighted by atomic mass is 16.6. The molecule has 0 saturated carbocycles. The molecule has 0 spiro atoms. The molecule has 0 aromatic carbocycles. The Morgan fingerprint density at radius 2 is 1.92 bits per heavy atom. The Bertz CT molecular complexity index is 123. The van der Waals surface area contributed by atoms with Gasteiger partial charge < -0.3 is 9.31 Å². The summed E-state index contributed by atoms with van der Waals surface area (Å²) in [6.07, 6.45) is 4.76. The molecule has 70 valence electrons. The van der Waals surface area contributed by atoms with Crippen LogP contribution in [-0.2, 0) is 9.31 Å². The molecule has 0 unspecified atom stereocenters. The van der Waals surface area contributed by atoms with E-state index in [0.717, 1.165) is 12.9 Å². The molecule has 1 heterocycles. The molecule has 0 aliphatic carbocycles. The molecule has 0 amide bonds. The van der Waals surface area contributed by atoms with E-state index in [2.05, 4.69) is 20.8 Å². The Morgan fingerprint density at radius 1 is 1.17 bits per heavy atom. The number of hydrogen-bond donors (Lipinski definition) is 0. The molecule has 1 fully saturated rings. The van der Waals surface area contributed by atoms with Crippen LogP contribution < -0.4 is 0 Å². The van der Waals surface area contributed by atoms with Crippen LogP contribution >= 0.6 is 0 Å². The third kappa shape index (κ3) is 4.12. The van der Waals surface area contributed by atoms with Crippen LogP contribution in [0, 0.1) is 0 Å². The van der Waals surface area contributed by atoms with Crippen LogP contribution in [0.25, 0.3) is 0 Å². The van der Waals surface area contributed by atoms with Crippen molar-refractivity contribution < 1.29 is 9.31 Å². The SMILES string of the molecule is CC(C)(C)OB1CCCCCO1. The van der Waals surface area contributed by atoms with E-state index in [4.69, 9.17) is 9.31 Å². The lowest BCUT2D eigenvalue weighted by Gasteiger charge is -2.24. The molecule has 0 radical (unpaired) electrons. The van der Waals surface area contributed by atoms with Gasteiger partial charge >= 0.3 is 7.12 Å². The standard InChI is InChI=1S/C9H19BO2/c1-9(2,3)12-10-7-5-4-6-8-11-10/h4-8H2,1-3H3. The van der Waals surface area contributed by atoms with Crippen molar-refractivity contribution in [3.63, 3.8) is 0 Å². The zero-order valence-corrected chi connectivity index (χ0v) is 8.43. The molecule has 1 rings (SSSR count). The lowest BCUT2D eigenvalue weighted by Crippen LogP contribution is -2.32. The van der Waals surface area contributed by atoms with E-state index in [1.54, 1.807) is 0 Å². The molecule has 0 bridgehead atoms. The van der Waals surface area contributed by atoms with Crippen molar-refractivity contribution in [3.05, 3.63) is 0 Å². The van der Waals surface area contributed by atoms with E-state index in [-0.39, 0.29) is 12.7 Å². The van der Waals surface area contributed by atoms with Crippen LogP contribution in [0.15, 0.2) is 0 Å². The Labute approximate surface area is 75.8 Å². The summed E-state index contributed by atoms with van der Waals surface area (Å²) in [4.78, 5) is 0. The fourth-order valence-corrected chi connectivity index (χ4v) is 1.38. The average molecular weight is 170 g/mol. The normalized spacial score (nSPS) is 20.8. The van der Waals surface area contributed by atoms with Gasteiger partial charge in [0.1, 0.15) is 0 Å². The molecule has 12 heavy (non-hydrogen) atoms. The van der Waals surface area contributed by atoms with Crippen molar-refractivity contribution in [3.8, 4) is 0 Å². The smallest absolute Gasteiger partial charge is 0.411 e. The van der Waals surface area contributed by atoms with Gasteiger partial charge in [0, 0.05) is 12.2 Å². The summed E-state index contributed by atoms with van der Waals surface area (Å²) in [5.74, 6) is 0. The third-order valence-corrected chi connectivity index (χ3v) is 1.87. The number of hydrogen-bond acceptors (Lipinski definition) is 2. The van der Waals surface area contributed by atoms with E-state index in [9.17, 15) is 0 Å². The van der Waals surface area contributed by atoms with Gasteiger partial charge in [-0.25, -0.2) is 0 Å². The Kier molecular flexibility index (Phi) is 3.60. The van der Waals surface area contributed by atoms with Crippen LogP contribution in [0.5, 0.6) is 0 Å². The first-order valence-corrected chi connectivity index (χ1v) is 4.87. The van der Waals surface area contributed by atoms with Gasteiger partial charge in [0.05, 0.1) is 0 Å². The lowest BCUT2D eigenvalue weighted by molar-refractivity contribution is 0.0841. The molecular weight excluding hydrogens is 151 g/mol. The summed E-state index contributed by atoms with van der Waals surface area (Å²) in [6.45, 7) is 7.07. The topological polar surface area (TPSA) is 18.5 Å². The molecule has 0 aromatic rings. The molecule has 1 aliphatic rings. The quantitative estimate of drug-likeness (QED) is 0.563. The second-order valence-electron chi connectivity index (χ2n) is 4.38. The molecule has 0 N–H and O–H groups in total. The second kappa shape index (κ2) is 4.29. The summed E-state index contributed by atoms with van der Waals surface area (Å²) in [5.41, 5.74) is -0.0744. The largest absolute Gasteiger partial charge is 0.457 e. The van der Waals surface area contributed by atoms with Gasteiger partial charge in [-0.2, -0.15) is 0 Å². The van der Waals surface area contributed by atoms with Gasteiger partial charge in [0.15, 0.2) is 0 Å². The van der Waals surface area contributed by atoms with Crippen molar-refractivity contribution >= 4 is 7.12 Å². The maximum absolute atomic E-state index is 5.74. The minimum absolute atomic E-state index is 0.0347. The van der Waals surface area contributed by atoms with Gasteiger partial charge in [-0.15, -0.1) is 0 Å². The molecule has 1 saturated heterocycles. The summed E-state index contributed by atoms with van der Waals surface area (Å²) in [7, 11) is 0.0347. The Hall–Kier alpha value is -0.0151. The van der Waals surface area contributed by atoms with Crippen molar-refractivity contribution in [2.45, 2.75) is 52.0 Å². The van der Waals surface area contributed by atoms with Crippen molar-refractivity contribution in [2.24, 2.45) is 0 Å². The fourth-order valence-electron chi connectivity index (χ4n) is 1.38. The van der Waals surface area contributed by atoms with Crippen LogP contribution in [0.3, 0.4) is 0 Å². The highest BCUT2D eigenvalue weighted by Crippen LogP contribution is 2.17. The fraction of sp³-hybridized carbons (Fsp3) is 1.00. The van der Waals surface area contributed by atoms with E-state index >= 15 is 0 Å². The molecule has 0 aromatic heterocycles. The molecule has 1 aliphatic heterocycles. The first kappa shape index (κ1) is 10.1. The number of rotatable bonds is 1. The summed E-state index contributed by atoms with van der Waals surface area (Å²) >= 11 is 0. The van der Waals surface area contributed by atoms with E-state index < -0.39 is 0 Å². The summed E-state index contributed by atoms with van der Waals surface area (Å²) in [5, 5.41) is 0. The van der Waals surface area contributed by atoms with Crippen molar-refractivity contribution in [1.29, 1.82) is 0 Å².